The van der Waals surface area contributed by atoms with Crippen molar-refractivity contribution < 1.29 is 55.3 Å². The number of rotatable bonds is 3. The van der Waals surface area contributed by atoms with Crippen molar-refractivity contribution in [2.24, 2.45) is 0 Å². The molecule has 2 aromatic rings. The van der Waals surface area contributed by atoms with E-state index in [2.05, 4.69) is 29.7 Å². The largest absolute Gasteiger partial charge is 0.490 e. The number of carboxylic acid groups (broad SMARTS) is 2. The van der Waals surface area contributed by atoms with Crippen molar-refractivity contribution in [3.8, 4) is 5.75 Å². The number of nitrogens with zero attached hydrogens (tertiary/aromatic N) is 6. The Labute approximate surface area is 203 Å². The molecule has 0 unspecified atom stereocenters. The van der Waals surface area contributed by atoms with E-state index >= 15 is 0 Å². The number of anilines is 1. The molecule has 2 aromatic heterocycles. The van der Waals surface area contributed by atoms with E-state index in [4.69, 9.17) is 24.5 Å². The van der Waals surface area contributed by atoms with Crippen LogP contribution in [0.2, 0.25) is 0 Å². The zero-order chi connectivity index (χ0) is 27.8. The molecule has 0 aliphatic carbocycles. The molecule has 2 aliphatic heterocycles. The number of aliphatic carboxylic acids is 2. The van der Waals surface area contributed by atoms with Gasteiger partial charge in [0.15, 0.2) is 11.6 Å². The standard InChI is InChI=1S/C15H17FN6O.2C2HF3O2/c16-11-4-19-15(20-5-11)22-2-1-21-9-13(3-12(21)8-22)23-14-6-17-10-18-7-14;2*3-2(4,5)1(6)7/h4-7,10,12-13H,1-3,8-9H2;2*(H,6,7)/t12-,13+;;/m0../s1. The normalized spacial score (nSPS) is 19.5. The number of ether oxygens (including phenoxy) is 1. The fourth-order valence-electron chi connectivity index (χ4n) is 3.27. The van der Waals surface area contributed by atoms with Gasteiger partial charge in [0, 0.05) is 38.6 Å². The maximum Gasteiger partial charge on any atom is 0.490 e. The number of hydrogen-bond donors (Lipinski definition) is 2. The number of halogens is 7. The molecule has 37 heavy (non-hydrogen) atoms. The van der Waals surface area contributed by atoms with Crippen molar-refractivity contribution in [3.63, 3.8) is 0 Å². The van der Waals surface area contributed by atoms with Gasteiger partial charge in [-0.3, -0.25) is 4.90 Å². The number of fused-ring (bicyclic) bond motifs is 1. The average molecular weight is 544 g/mol. The van der Waals surface area contributed by atoms with E-state index in [9.17, 15) is 30.7 Å². The van der Waals surface area contributed by atoms with Crippen molar-refractivity contribution in [3.05, 3.63) is 36.9 Å². The second kappa shape index (κ2) is 12.4. The van der Waals surface area contributed by atoms with Gasteiger partial charge < -0.3 is 19.8 Å². The van der Waals surface area contributed by atoms with Crippen LogP contribution in [0.25, 0.3) is 0 Å². The van der Waals surface area contributed by atoms with Crippen molar-refractivity contribution in [1.29, 1.82) is 0 Å². The molecule has 2 aliphatic rings. The number of piperazine rings is 1. The van der Waals surface area contributed by atoms with E-state index in [0.717, 1.165) is 32.6 Å². The van der Waals surface area contributed by atoms with Gasteiger partial charge in [-0.1, -0.05) is 0 Å². The predicted octanol–water partition coefficient (Wildman–Crippen LogP) is 2.01. The highest BCUT2D eigenvalue weighted by molar-refractivity contribution is 5.73. The van der Waals surface area contributed by atoms with Crippen LogP contribution >= 0.6 is 0 Å². The highest BCUT2D eigenvalue weighted by Crippen LogP contribution is 2.26. The molecular formula is C19H19F7N6O5. The van der Waals surface area contributed by atoms with Crippen LogP contribution in [0.1, 0.15) is 6.42 Å². The second-order valence-electron chi connectivity index (χ2n) is 7.45. The third-order valence-corrected chi connectivity index (χ3v) is 4.79. The molecular weight excluding hydrogens is 525 g/mol. The maximum absolute atomic E-state index is 12.9. The summed E-state index contributed by atoms with van der Waals surface area (Å²) in [7, 11) is 0. The molecule has 4 rings (SSSR count). The van der Waals surface area contributed by atoms with Crippen LogP contribution in [0.15, 0.2) is 31.1 Å². The summed E-state index contributed by atoms with van der Waals surface area (Å²) >= 11 is 0. The lowest BCUT2D eigenvalue weighted by Gasteiger charge is -2.37. The summed E-state index contributed by atoms with van der Waals surface area (Å²) in [6.45, 7) is 3.49. The van der Waals surface area contributed by atoms with Crippen molar-refractivity contribution >= 4 is 17.9 Å². The minimum Gasteiger partial charge on any atom is -0.486 e. The lowest BCUT2D eigenvalue weighted by Crippen LogP contribution is -2.50. The van der Waals surface area contributed by atoms with E-state index in [-0.39, 0.29) is 6.10 Å². The van der Waals surface area contributed by atoms with Gasteiger partial charge in [0.05, 0.1) is 24.8 Å². The summed E-state index contributed by atoms with van der Waals surface area (Å²) in [5, 5.41) is 14.2. The van der Waals surface area contributed by atoms with Crippen LogP contribution in [-0.4, -0.2) is 97.7 Å². The van der Waals surface area contributed by atoms with Gasteiger partial charge in [0.25, 0.3) is 0 Å². The van der Waals surface area contributed by atoms with Crippen LogP contribution < -0.4 is 9.64 Å². The smallest absolute Gasteiger partial charge is 0.486 e. The van der Waals surface area contributed by atoms with Crippen molar-refractivity contribution in [1.82, 2.24) is 24.8 Å². The highest BCUT2D eigenvalue weighted by atomic mass is 19.4. The molecule has 0 radical (unpaired) electrons. The fourth-order valence-corrected chi connectivity index (χ4v) is 3.27. The third-order valence-electron chi connectivity index (χ3n) is 4.79. The molecule has 0 saturated carbocycles. The van der Waals surface area contributed by atoms with Gasteiger partial charge in [0.2, 0.25) is 5.95 Å². The molecule has 2 atom stereocenters. The van der Waals surface area contributed by atoms with Crippen molar-refractivity contribution in [2.45, 2.75) is 30.9 Å². The van der Waals surface area contributed by atoms with Crippen LogP contribution in [-0.2, 0) is 9.59 Å². The Balaban J connectivity index is 0.000000286. The van der Waals surface area contributed by atoms with E-state index < -0.39 is 30.1 Å². The molecule has 0 spiro atoms. The zero-order valence-electron chi connectivity index (χ0n) is 18.5. The Morgan fingerprint density at radius 2 is 1.41 bits per heavy atom. The quantitative estimate of drug-likeness (QED) is 0.548. The molecule has 0 amide bonds. The molecule has 11 nitrogen and oxygen atoms in total. The Hall–Kier alpha value is -3.83. The molecule has 0 aromatic carbocycles. The van der Waals surface area contributed by atoms with Gasteiger partial charge in [-0.25, -0.2) is 33.9 Å². The topological polar surface area (TPSA) is 142 Å². The minimum atomic E-state index is -5.08. The number of aromatic nitrogens is 4. The Morgan fingerprint density at radius 1 is 0.892 bits per heavy atom. The predicted molar refractivity (Wildman–Crippen MR) is 108 cm³/mol. The van der Waals surface area contributed by atoms with Gasteiger partial charge in [-0.2, -0.15) is 26.3 Å². The Bertz CT molecular complexity index is 1000. The summed E-state index contributed by atoms with van der Waals surface area (Å²) < 4.78 is 82.4. The first kappa shape index (κ1) is 29.4. The summed E-state index contributed by atoms with van der Waals surface area (Å²) in [4.78, 5) is 38.4. The molecule has 0 bridgehead atoms. The molecule has 18 heteroatoms. The first-order valence-electron chi connectivity index (χ1n) is 10.1. The summed E-state index contributed by atoms with van der Waals surface area (Å²) in [6, 6.07) is 0.395. The summed E-state index contributed by atoms with van der Waals surface area (Å²) in [5.41, 5.74) is 0. The van der Waals surface area contributed by atoms with Crippen LogP contribution in [0.5, 0.6) is 5.75 Å². The van der Waals surface area contributed by atoms with Crippen LogP contribution in [0, 0.1) is 5.82 Å². The second-order valence-corrected chi connectivity index (χ2v) is 7.45. The highest BCUT2D eigenvalue weighted by Gasteiger charge is 2.39. The molecule has 2 saturated heterocycles. The lowest BCUT2D eigenvalue weighted by atomic mass is 10.1. The monoisotopic (exact) mass is 544 g/mol. The number of carbonyl (C=O) groups is 2. The average Bonchev–Trinajstić information content (AvgIpc) is 3.21. The van der Waals surface area contributed by atoms with Gasteiger partial charge in [-0.15, -0.1) is 0 Å². The first-order chi connectivity index (χ1) is 17.2. The van der Waals surface area contributed by atoms with Gasteiger partial charge in [-0.05, 0) is 0 Å². The molecule has 204 valence electrons. The van der Waals surface area contributed by atoms with Crippen LogP contribution in [0.3, 0.4) is 0 Å². The van der Waals surface area contributed by atoms with E-state index in [1.54, 1.807) is 12.4 Å². The van der Waals surface area contributed by atoms with E-state index in [1.807, 2.05) is 0 Å². The van der Waals surface area contributed by atoms with Gasteiger partial charge in [0.1, 0.15) is 12.4 Å². The summed E-state index contributed by atoms with van der Waals surface area (Å²) in [6.07, 6.45) is -1.81. The van der Waals surface area contributed by atoms with Crippen LogP contribution in [0.4, 0.5) is 36.7 Å². The maximum atomic E-state index is 12.9. The Kier molecular flexibility index (Phi) is 9.87. The van der Waals surface area contributed by atoms with E-state index in [1.165, 1.54) is 18.7 Å². The number of hydrogen-bond acceptors (Lipinski definition) is 9. The number of alkyl halides is 6. The minimum absolute atomic E-state index is 0.139. The molecule has 4 heterocycles. The lowest BCUT2D eigenvalue weighted by molar-refractivity contribution is -0.193. The summed E-state index contributed by atoms with van der Waals surface area (Å²) in [5.74, 6) is -4.63. The first-order valence-corrected chi connectivity index (χ1v) is 10.1. The van der Waals surface area contributed by atoms with E-state index in [0.29, 0.717) is 17.7 Å². The fraction of sp³-hybridized carbons (Fsp3) is 0.474. The SMILES string of the molecule is Fc1cnc(N2CCN3C[C@H](Oc4cncnc4)C[C@H]3C2)nc1.O=C(O)C(F)(F)F.O=C(O)C(F)(F)F. The van der Waals surface area contributed by atoms with Gasteiger partial charge >= 0.3 is 24.3 Å². The molecule has 2 fully saturated rings. The number of carboxylic acids is 2. The third kappa shape index (κ3) is 9.62. The molecule has 2 N–H and O–H groups in total. The Morgan fingerprint density at radius 3 is 1.89 bits per heavy atom. The zero-order valence-corrected chi connectivity index (χ0v) is 18.5. The van der Waals surface area contributed by atoms with Crippen molar-refractivity contribution in [2.75, 3.05) is 31.1 Å².